The average Bonchev–Trinajstić information content (AvgIpc) is 3.66. The molecule has 1 atom stereocenters. The van der Waals surface area contributed by atoms with E-state index >= 15 is 0 Å². The van der Waals surface area contributed by atoms with Crippen molar-refractivity contribution in [3.8, 4) is 22.5 Å². The summed E-state index contributed by atoms with van der Waals surface area (Å²) < 4.78 is 18.6. The summed E-state index contributed by atoms with van der Waals surface area (Å²) in [6, 6.07) is 28.1. The molecule has 0 aliphatic heterocycles. The van der Waals surface area contributed by atoms with Gasteiger partial charge >= 0.3 is 13.2 Å². The van der Waals surface area contributed by atoms with E-state index in [1.54, 1.807) is 60.4 Å². The van der Waals surface area contributed by atoms with Crippen LogP contribution in [0, 0.1) is 0 Å². The quantitative estimate of drug-likeness (QED) is 0.316. The second-order valence-electron chi connectivity index (χ2n) is 9.62. The van der Waals surface area contributed by atoms with E-state index in [-0.39, 0.29) is 11.0 Å². The number of benzene rings is 3. The molecular formula is C30H26N5O4P. The molecule has 1 unspecified atom stereocenters. The molecule has 3 aromatic heterocycles. The summed E-state index contributed by atoms with van der Waals surface area (Å²) in [4.78, 5) is 41.5. The molecule has 0 aliphatic carbocycles. The Morgan fingerprint density at radius 3 is 2.00 bits per heavy atom. The van der Waals surface area contributed by atoms with Crippen molar-refractivity contribution < 1.29 is 9.46 Å². The van der Waals surface area contributed by atoms with Gasteiger partial charge in [-0.3, -0.25) is 22.8 Å². The predicted molar refractivity (Wildman–Crippen MR) is 156 cm³/mol. The standard InChI is InChI=1S/C30H26N5O4P/c1-32-28-26(29(36)33(2)30(32)37)35(20-21-10-12-23(13-11-21)22-8-4-3-5-9-22)27(31-28)24-14-16-25(17-15-24)40(38,39)34-18-6-7-19-34/h3-19H,20H2,1-2H3,(H,38,39). The Hall–Kier alpha value is -4.72. The minimum absolute atomic E-state index is 0.259. The van der Waals surface area contributed by atoms with Crippen molar-refractivity contribution in [2.75, 3.05) is 0 Å². The Labute approximate surface area is 229 Å². The van der Waals surface area contributed by atoms with Gasteiger partial charge in [0, 0.05) is 38.6 Å². The lowest BCUT2D eigenvalue weighted by molar-refractivity contribution is 0.480. The van der Waals surface area contributed by atoms with E-state index in [4.69, 9.17) is 4.98 Å². The van der Waals surface area contributed by atoms with Crippen molar-refractivity contribution in [3.63, 3.8) is 0 Å². The normalized spacial score (nSPS) is 13.0. The third-order valence-corrected chi connectivity index (χ3v) is 8.98. The topological polar surface area (TPSA) is 104 Å². The van der Waals surface area contributed by atoms with Crippen molar-refractivity contribution in [2.45, 2.75) is 6.54 Å². The van der Waals surface area contributed by atoms with Crippen LogP contribution in [-0.2, 0) is 25.2 Å². The van der Waals surface area contributed by atoms with Crippen LogP contribution in [0.2, 0.25) is 0 Å². The first-order valence-corrected chi connectivity index (χ1v) is 14.2. The number of aromatic nitrogens is 5. The van der Waals surface area contributed by atoms with Gasteiger partial charge in [-0.05, 0) is 41.0 Å². The van der Waals surface area contributed by atoms with Crippen molar-refractivity contribution >= 4 is 24.0 Å². The summed E-state index contributed by atoms with van der Waals surface area (Å²) in [5.41, 5.74) is 3.43. The highest BCUT2D eigenvalue weighted by Crippen LogP contribution is 2.41. The summed E-state index contributed by atoms with van der Waals surface area (Å²) >= 11 is 0. The van der Waals surface area contributed by atoms with Crippen LogP contribution in [-0.4, -0.2) is 27.9 Å². The Balaban J connectivity index is 1.47. The predicted octanol–water partition coefficient (Wildman–Crippen LogP) is 3.98. The largest absolute Gasteiger partial charge is 0.332 e. The number of hydrogen-bond acceptors (Lipinski definition) is 4. The molecule has 10 heteroatoms. The number of nitrogens with zero attached hydrogens (tertiary/aromatic N) is 5. The molecule has 0 fully saturated rings. The molecule has 9 nitrogen and oxygen atoms in total. The van der Waals surface area contributed by atoms with Crippen LogP contribution in [0.1, 0.15) is 5.56 Å². The Morgan fingerprint density at radius 2 is 1.35 bits per heavy atom. The molecule has 6 aromatic rings. The van der Waals surface area contributed by atoms with Gasteiger partial charge in [0.15, 0.2) is 11.2 Å². The molecule has 40 heavy (non-hydrogen) atoms. The van der Waals surface area contributed by atoms with E-state index in [0.717, 1.165) is 21.3 Å². The maximum absolute atomic E-state index is 13.3. The molecular weight excluding hydrogens is 525 g/mol. The van der Waals surface area contributed by atoms with E-state index in [0.29, 0.717) is 23.4 Å². The highest BCUT2D eigenvalue weighted by Gasteiger charge is 2.24. The third kappa shape index (κ3) is 4.25. The molecule has 0 spiro atoms. The second-order valence-corrected chi connectivity index (χ2v) is 11.7. The van der Waals surface area contributed by atoms with Crippen LogP contribution >= 0.6 is 7.52 Å². The molecule has 0 radical (unpaired) electrons. The summed E-state index contributed by atoms with van der Waals surface area (Å²) in [6.45, 7) is 0.331. The second kappa shape index (κ2) is 9.79. The van der Waals surface area contributed by atoms with Gasteiger partial charge in [-0.1, -0.05) is 66.7 Å². The third-order valence-electron chi connectivity index (χ3n) is 7.11. The minimum Gasteiger partial charge on any atom is -0.326 e. The Morgan fingerprint density at radius 1 is 0.750 bits per heavy atom. The molecule has 3 aromatic carbocycles. The van der Waals surface area contributed by atoms with E-state index in [9.17, 15) is 19.0 Å². The van der Waals surface area contributed by atoms with Gasteiger partial charge in [-0.2, -0.15) is 0 Å². The summed E-state index contributed by atoms with van der Waals surface area (Å²) in [7, 11) is -0.790. The van der Waals surface area contributed by atoms with Crippen molar-refractivity contribution in [1.29, 1.82) is 0 Å². The zero-order chi connectivity index (χ0) is 28.0. The lowest BCUT2D eigenvalue weighted by atomic mass is 10.0. The van der Waals surface area contributed by atoms with Gasteiger partial charge < -0.3 is 9.46 Å². The molecule has 0 saturated heterocycles. The number of hydrogen-bond donors (Lipinski definition) is 1. The molecule has 0 amide bonds. The molecule has 6 rings (SSSR count). The van der Waals surface area contributed by atoms with Crippen LogP contribution in [0.15, 0.2) is 113 Å². The van der Waals surface area contributed by atoms with Crippen molar-refractivity contribution in [3.05, 3.63) is 130 Å². The maximum Gasteiger partial charge on any atom is 0.332 e. The Bertz CT molecular complexity index is 2000. The summed E-state index contributed by atoms with van der Waals surface area (Å²) in [6.07, 6.45) is 3.10. The van der Waals surface area contributed by atoms with Crippen LogP contribution < -0.4 is 16.6 Å². The van der Waals surface area contributed by atoms with Gasteiger partial charge in [0.1, 0.15) is 5.82 Å². The lowest BCUT2D eigenvalue weighted by Crippen LogP contribution is -2.37. The lowest BCUT2D eigenvalue weighted by Gasteiger charge is -2.14. The van der Waals surface area contributed by atoms with Crippen LogP contribution in [0.4, 0.5) is 0 Å². The first kappa shape index (κ1) is 25.6. The van der Waals surface area contributed by atoms with Gasteiger partial charge in [-0.15, -0.1) is 0 Å². The number of fused-ring (bicyclic) bond motifs is 1. The SMILES string of the molecule is Cn1c(=O)c2c(nc(-c3ccc(P(=O)(O)n4cccc4)cc3)n2Cc2ccc(-c3ccccc3)cc2)n(C)c1=O. The van der Waals surface area contributed by atoms with Crippen molar-refractivity contribution in [1.82, 2.24) is 23.0 Å². The van der Waals surface area contributed by atoms with E-state index < -0.39 is 18.8 Å². The highest BCUT2D eigenvalue weighted by molar-refractivity contribution is 7.64. The maximum atomic E-state index is 13.3. The van der Waals surface area contributed by atoms with Crippen LogP contribution in [0.25, 0.3) is 33.7 Å². The van der Waals surface area contributed by atoms with E-state index in [2.05, 4.69) is 0 Å². The van der Waals surface area contributed by atoms with Crippen LogP contribution in [0.5, 0.6) is 0 Å². The number of imidazole rings is 1. The van der Waals surface area contributed by atoms with Gasteiger partial charge in [0.05, 0.1) is 5.30 Å². The molecule has 3 heterocycles. The fourth-order valence-corrected chi connectivity index (χ4v) is 6.20. The molecule has 200 valence electrons. The molecule has 0 aliphatic rings. The van der Waals surface area contributed by atoms with Crippen molar-refractivity contribution in [2.24, 2.45) is 14.1 Å². The molecule has 1 N–H and O–H groups in total. The Kier molecular flexibility index (Phi) is 6.25. The van der Waals surface area contributed by atoms with E-state index in [1.165, 1.54) is 16.0 Å². The highest BCUT2D eigenvalue weighted by atomic mass is 31.2. The number of aryl methyl sites for hydroxylation is 1. The van der Waals surface area contributed by atoms with Gasteiger partial charge in [0.2, 0.25) is 0 Å². The fourth-order valence-electron chi connectivity index (χ4n) is 4.88. The summed E-state index contributed by atoms with van der Waals surface area (Å²) in [5, 5.41) is 0.259. The minimum atomic E-state index is -3.82. The first-order valence-electron chi connectivity index (χ1n) is 12.6. The summed E-state index contributed by atoms with van der Waals surface area (Å²) in [5.74, 6) is 0.473. The number of rotatable bonds is 6. The molecule has 0 saturated carbocycles. The fraction of sp³-hybridized carbons (Fsp3) is 0.100. The zero-order valence-corrected chi connectivity index (χ0v) is 22.8. The first-order chi connectivity index (χ1) is 19.3. The zero-order valence-electron chi connectivity index (χ0n) is 21.9. The average molecular weight is 552 g/mol. The smallest absolute Gasteiger partial charge is 0.326 e. The molecule has 0 bridgehead atoms. The monoisotopic (exact) mass is 551 g/mol. The van der Waals surface area contributed by atoms with Gasteiger partial charge in [-0.25, -0.2) is 9.78 Å². The van der Waals surface area contributed by atoms with Crippen LogP contribution in [0.3, 0.4) is 0 Å². The van der Waals surface area contributed by atoms with Gasteiger partial charge in [0.25, 0.3) is 5.56 Å². The van der Waals surface area contributed by atoms with E-state index in [1.807, 2.05) is 54.6 Å².